The summed E-state index contributed by atoms with van der Waals surface area (Å²) in [6, 6.07) is 17.4. The van der Waals surface area contributed by atoms with Crippen molar-refractivity contribution in [1.82, 2.24) is 0 Å². The number of hydrogen-bond acceptors (Lipinski definition) is 0. The maximum Gasteiger partial charge on any atom is -0.0155 e. The highest BCUT2D eigenvalue weighted by Gasteiger charge is 2.03. The van der Waals surface area contributed by atoms with Crippen molar-refractivity contribution in [1.29, 1.82) is 0 Å². The Balaban J connectivity index is 2.32. The van der Waals surface area contributed by atoms with Gasteiger partial charge in [-0.25, -0.2) is 0 Å². The Bertz CT molecular complexity index is 481. The van der Waals surface area contributed by atoms with Gasteiger partial charge in [-0.1, -0.05) is 62.4 Å². The summed E-state index contributed by atoms with van der Waals surface area (Å²) in [7, 11) is 0. The van der Waals surface area contributed by atoms with Crippen LogP contribution in [0.4, 0.5) is 0 Å². The highest BCUT2D eigenvalue weighted by molar-refractivity contribution is 5.67. The van der Waals surface area contributed by atoms with Crippen LogP contribution in [0, 0.1) is 12.8 Å². The molecule has 0 aliphatic carbocycles. The highest BCUT2D eigenvalue weighted by Crippen LogP contribution is 2.24. The average molecular weight is 224 g/mol. The third-order valence-electron chi connectivity index (χ3n) is 3.02. The summed E-state index contributed by atoms with van der Waals surface area (Å²) in [5.41, 5.74) is 5.46. The van der Waals surface area contributed by atoms with E-state index in [-0.39, 0.29) is 0 Å². The van der Waals surface area contributed by atoms with Crippen molar-refractivity contribution >= 4 is 0 Å². The largest absolute Gasteiger partial charge is 0.0625 e. The van der Waals surface area contributed by atoms with Crippen LogP contribution < -0.4 is 0 Å². The van der Waals surface area contributed by atoms with Crippen LogP contribution in [0.15, 0.2) is 48.5 Å². The van der Waals surface area contributed by atoms with Gasteiger partial charge in [-0.05, 0) is 41.5 Å². The van der Waals surface area contributed by atoms with E-state index in [1.165, 1.54) is 22.3 Å². The molecule has 0 N–H and O–H groups in total. The molecule has 0 aliphatic rings. The van der Waals surface area contributed by atoms with Crippen LogP contribution in [0.3, 0.4) is 0 Å². The molecule has 0 heterocycles. The third kappa shape index (κ3) is 2.97. The molecular weight excluding hydrogens is 204 g/mol. The molecule has 0 fully saturated rings. The van der Waals surface area contributed by atoms with Crippen LogP contribution in [0.25, 0.3) is 11.1 Å². The monoisotopic (exact) mass is 224 g/mol. The number of benzene rings is 2. The van der Waals surface area contributed by atoms with Gasteiger partial charge in [0.2, 0.25) is 0 Å². The third-order valence-corrected chi connectivity index (χ3v) is 3.02. The van der Waals surface area contributed by atoms with Crippen molar-refractivity contribution in [3.8, 4) is 11.1 Å². The summed E-state index contributed by atoms with van der Waals surface area (Å²) >= 11 is 0. The van der Waals surface area contributed by atoms with Gasteiger partial charge in [-0.2, -0.15) is 0 Å². The Labute approximate surface area is 104 Å². The van der Waals surface area contributed by atoms with Crippen molar-refractivity contribution in [2.75, 3.05) is 0 Å². The fourth-order valence-electron chi connectivity index (χ4n) is 2.27. The summed E-state index contributed by atoms with van der Waals surface area (Å²) < 4.78 is 0. The molecule has 88 valence electrons. The Hall–Kier alpha value is -1.56. The first kappa shape index (κ1) is 11.9. The van der Waals surface area contributed by atoms with Crippen LogP contribution >= 0.6 is 0 Å². The molecule has 2 aromatic carbocycles. The zero-order valence-corrected chi connectivity index (χ0v) is 10.9. The number of aryl methyl sites for hydroxylation is 1. The lowest BCUT2D eigenvalue weighted by Gasteiger charge is -2.10. The lowest BCUT2D eigenvalue weighted by Crippen LogP contribution is -1.95. The second-order valence-electron chi connectivity index (χ2n) is 5.11. The molecule has 0 amide bonds. The second-order valence-corrected chi connectivity index (χ2v) is 5.11. The van der Waals surface area contributed by atoms with Crippen molar-refractivity contribution in [3.63, 3.8) is 0 Å². The van der Waals surface area contributed by atoms with Gasteiger partial charge in [0.1, 0.15) is 0 Å². The minimum absolute atomic E-state index is 0.719. The first-order valence-electron chi connectivity index (χ1n) is 6.32. The van der Waals surface area contributed by atoms with Gasteiger partial charge >= 0.3 is 0 Å². The van der Waals surface area contributed by atoms with Gasteiger partial charge in [-0.15, -0.1) is 0 Å². The summed E-state index contributed by atoms with van der Waals surface area (Å²) in [5, 5.41) is 0. The normalized spacial score (nSPS) is 10.8. The van der Waals surface area contributed by atoms with Gasteiger partial charge < -0.3 is 0 Å². The highest BCUT2D eigenvalue weighted by atomic mass is 14.1. The minimum Gasteiger partial charge on any atom is -0.0625 e. The summed E-state index contributed by atoms with van der Waals surface area (Å²) in [5.74, 6) is 0.719. The van der Waals surface area contributed by atoms with Crippen LogP contribution in [-0.2, 0) is 6.42 Å². The second kappa shape index (κ2) is 5.18. The molecule has 2 rings (SSSR count). The molecule has 17 heavy (non-hydrogen) atoms. The van der Waals surface area contributed by atoms with Gasteiger partial charge in [0.25, 0.3) is 0 Å². The molecule has 0 saturated heterocycles. The van der Waals surface area contributed by atoms with Gasteiger partial charge in [0.05, 0.1) is 0 Å². The fraction of sp³-hybridized carbons (Fsp3) is 0.294. The van der Waals surface area contributed by atoms with E-state index in [9.17, 15) is 0 Å². The number of hydrogen-bond donors (Lipinski definition) is 0. The molecule has 0 spiro atoms. The first-order valence-corrected chi connectivity index (χ1v) is 6.32. The van der Waals surface area contributed by atoms with Gasteiger partial charge in [0.15, 0.2) is 0 Å². The Morgan fingerprint density at radius 2 is 1.65 bits per heavy atom. The smallest absolute Gasteiger partial charge is 0.0155 e. The van der Waals surface area contributed by atoms with E-state index in [0.29, 0.717) is 0 Å². The predicted octanol–water partition coefficient (Wildman–Crippen LogP) is 4.86. The van der Waals surface area contributed by atoms with Crippen molar-refractivity contribution < 1.29 is 0 Å². The molecule has 0 heteroatoms. The average Bonchev–Trinajstić information content (AvgIpc) is 2.29. The molecule has 0 aromatic heterocycles. The van der Waals surface area contributed by atoms with E-state index in [0.717, 1.165) is 12.3 Å². The summed E-state index contributed by atoms with van der Waals surface area (Å²) in [6.07, 6.45) is 1.16. The zero-order chi connectivity index (χ0) is 12.3. The molecule has 0 unspecified atom stereocenters. The first-order chi connectivity index (χ1) is 8.16. The molecule has 0 radical (unpaired) electrons. The molecule has 0 bridgehead atoms. The Kier molecular flexibility index (Phi) is 3.63. The van der Waals surface area contributed by atoms with Crippen molar-refractivity contribution in [3.05, 3.63) is 59.7 Å². The molecule has 0 aliphatic heterocycles. The fourth-order valence-corrected chi connectivity index (χ4v) is 2.27. The lowest BCUT2D eigenvalue weighted by atomic mass is 9.95. The molecule has 2 aromatic rings. The predicted molar refractivity (Wildman–Crippen MR) is 75.2 cm³/mol. The zero-order valence-electron chi connectivity index (χ0n) is 10.9. The van der Waals surface area contributed by atoms with Gasteiger partial charge in [-0.3, -0.25) is 0 Å². The quantitative estimate of drug-likeness (QED) is 0.698. The lowest BCUT2D eigenvalue weighted by molar-refractivity contribution is 0.647. The van der Waals surface area contributed by atoms with E-state index in [1.54, 1.807) is 0 Å². The maximum absolute atomic E-state index is 2.32. The van der Waals surface area contributed by atoms with Crippen LogP contribution in [0.1, 0.15) is 25.0 Å². The standard InChI is InChI=1S/C17H20/c1-13(2)11-15-9-10-17(14(3)12-15)16-7-5-4-6-8-16/h4-10,12-13H,11H2,1-3H3. The van der Waals surface area contributed by atoms with Crippen molar-refractivity contribution in [2.24, 2.45) is 5.92 Å². The molecule has 0 saturated carbocycles. The number of rotatable bonds is 3. The molecule has 0 atom stereocenters. The van der Waals surface area contributed by atoms with E-state index in [4.69, 9.17) is 0 Å². The Morgan fingerprint density at radius 1 is 0.941 bits per heavy atom. The van der Waals surface area contributed by atoms with Crippen LogP contribution in [0.5, 0.6) is 0 Å². The van der Waals surface area contributed by atoms with Crippen molar-refractivity contribution in [2.45, 2.75) is 27.2 Å². The van der Waals surface area contributed by atoms with E-state index in [1.807, 2.05) is 0 Å². The summed E-state index contributed by atoms with van der Waals surface area (Å²) in [4.78, 5) is 0. The molecular formula is C17H20. The van der Waals surface area contributed by atoms with E-state index in [2.05, 4.69) is 69.3 Å². The van der Waals surface area contributed by atoms with Crippen LogP contribution in [0.2, 0.25) is 0 Å². The van der Waals surface area contributed by atoms with Crippen LogP contribution in [-0.4, -0.2) is 0 Å². The summed E-state index contributed by atoms with van der Waals surface area (Å²) in [6.45, 7) is 6.73. The molecule has 0 nitrogen and oxygen atoms in total. The van der Waals surface area contributed by atoms with Gasteiger partial charge in [0, 0.05) is 0 Å². The SMILES string of the molecule is Cc1cc(CC(C)C)ccc1-c1ccccc1. The van der Waals surface area contributed by atoms with E-state index >= 15 is 0 Å². The Morgan fingerprint density at radius 3 is 2.24 bits per heavy atom. The minimum atomic E-state index is 0.719. The van der Waals surface area contributed by atoms with E-state index < -0.39 is 0 Å². The maximum atomic E-state index is 2.32. The topological polar surface area (TPSA) is 0 Å².